The van der Waals surface area contributed by atoms with Crippen LogP contribution in [0.1, 0.15) is 13.3 Å². The van der Waals surface area contributed by atoms with Gasteiger partial charge in [0.15, 0.2) is 5.13 Å². The zero-order valence-corrected chi connectivity index (χ0v) is 12.5. The molecule has 1 aromatic carbocycles. The molecule has 4 N–H and O–H groups in total. The number of nitrogens with two attached hydrogens (primary N) is 1. The van der Waals surface area contributed by atoms with Crippen LogP contribution in [0.5, 0.6) is 5.75 Å². The first-order valence-corrected chi connectivity index (χ1v) is 8.49. The minimum Gasteiger partial charge on any atom is -0.506 e. The molecule has 0 aliphatic heterocycles. The Bertz CT molecular complexity index is 710. The van der Waals surface area contributed by atoms with Crippen LogP contribution in [0, 0.1) is 0 Å². The molecule has 108 valence electrons. The van der Waals surface area contributed by atoms with Gasteiger partial charge in [0.05, 0.1) is 17.1 Å². The number of benzene rings is 1. The van der Waals surface area contributed by atoms with E-state index >= 15 is 0 Å². The fourth-order valence-electron chi connectivity index (χ4n) is 1.62. The van der Waals surface area contributed by atoms with Crippen LogP contribution in [0.3, 0.4) is 0 Å². The standard InChI is InChI=1S/C12H15N3O3S2/c1-2-5-20(17,18)15-12-14-10(7-19-12)8-3-4-11(16)9(13)6-8/h3-4,6-7,16H,2,5,13H2,1H3,(H,14,15). The van der Waals surface area contributed by atoms with Crippen molar-refractivity contribution in [1.82, 2.24) is 4.98 Å². The lowest BCUT2D eigenvalue weighted by molar-refractivity contribution is 0.478. The van der Waals surface area contributed by atoms with Crippen molar-refractivity contribution in [2.75, 3.05) is 16.2 Å². The predicted octanol–water partition coefficient (Wildman–Crippen LogP) is 2.25. The van der Waals surface area contributed by atoms with Gasteiger partial charge in [-0.05, 0) is 24.6 Å². The van der Waals surface area contributed by atoms with E-state index in [0.29, 0.717) is 17.2 Å². The number of phenols is 1. The Balaban J connectivity index is 2.22. The Kier molecular flexibility index (Phi) is 4.15. The van der Waals surface area contributed by atoms with Gasteiger partial charge in [0.2, 0.25) is 10.0 Å². The third-order valence-electron chi connectivity index (χ3n) is 2.54. The number of nitrogen functional groups attached to an aromatic ring is 1. The van der Waals surface area contributed by atoms with Gasteiger partial charge >= 0.3 is 0 Å². The molecule has 0 bridgehead atoms. The number of hydrogen-bond acceptors (Lipinski definition) is 6. The third kappa shape index (κ3) is 3.40. The summed E-state index contributed by atoms with van der Waals surface area (Å²) < 4.78 is 25.7. The molecule has 2 aromatic rings. The molecule has 6 nitrogen and oxygen atoms in total. The average Bonchev–Trinajstić information content (AvgIpc) is 2.80. The predicted molar refractivity (Wildman–Crippen MR) is 81.3 cm³/mol. The van der Waals surface area contributed by atoms with Crippen molar-refractivity contribution in [2.45, 2.75) is 13.3 Å². The van der Waals surface area contributed by atoms with E-state index in [1.54, 1.807) is 24.4 Å². The quantitative estimate of drug-likeness (QED) is 0.580. The second-order valence-electron chi connectivity index (χ2n) is 4.23. The number of aromatic hydroxyl groups is 1. The Morgan fingerprint density at radius 3 is 2.85 bits per heavy atom. The molecular weight excluding hydrogens is 298 g/mol. The van der Waals surface area contributed by atoms with E-state index in [4.69, 9.17) is 5.73 Å². The number of nitrogens with zero attached hydrogens (tertiary/aromatic N) is 1. The van der Waals surface area contributed by atoms with Crippen LogP contribution >= 0.6 is 11.3 Å². The zero-order valence-electron chi connectivity index (χ0n) is 10.8. The van der Waals surface area contributed by atoms with Gasteiger partial charge in [-0.1, -0.05) is 6.92 Å². The number of phenolic OH excluding ortho intramolecular Hbond substituents is 1. The minimum absolute atomic E-state index is 0.00727. The topological polar surface area (TPSA) is 105 Å². The molecule has 1 heterocycles. The van der Waals surface area contributed by atoms with Crippen molar-refractivity contribution < 1.29 is 13.5 Å². The Morgan fingerprint density at radius 1 is 1.45 bits per heavy atom. The highest BCUT2D eigenvalue weighted by molar-refractivity contribution is 7.92. The normalized spacial score (nSPS) is 11.4. The van der Waals surface area contributed by atoms with Crippen LogP contribution in [-0.2, 0) is 10.0 Å². The SMILES string of the molecule is CCCS(=O)(=O)Nc1nc(-c2ccc(O)c(N)c2)cs1. The first kappa shape index (κ1) is 14.6. The molecule has 0 aliphatic carbocycles. The van der Waals surface area contributed by atoms with Crippen LogP contribution in [0.15, 0.2) is 23.6 Å². The Hall–Kier alpha value is -1.80. The summed E-state index contributed by atoms with van der Waals surface area (Å²) in [5, 5.41) is 11.4. The van der Waals surface area contributed by atoms with Gasteiger partial charge < -0.3 is 10.8 Å². The molecule has 0 aliphatic rings. The molecule has 0 unspecified atom stereocenters. The van der Waals surface area contributed by atoms with Crippen molar-refractivity contribution in [3.8, 4) is 17.0 Å². The summed E-state index contributed by atoms with van der Waals surface area (Å²) in [6.45, 7) is 1.80. The summed E-state index contributed by atoms with van der Waals surface area (Å²) in [5.74, 6) is 0.0708. The lowest BCUT2D eigenvalue weighted by Crippen LogP contribution is -2.15. The maximum atomic E-state index is 11.6. The molecular formula is C12H15N3O3S2. The molecule has 8 heteroatoms. The van der Waals surface area contributed by atoms with E-state index in [0.717, 1.165) is 5.56 Å². The van der Waals surface area contributed by atoms with E-state index < -0.39 is 10.0 Å². The number of nitrogens with one attached hydrogen (secondary N) is 1. The van der Waals surface area contributed by atoms with Crippen molar-refractivity contribution in [1.29, 1.82) is 0 Å². The zero-order chi connectivity index (χ0) is 14.8. The van der Waals surface area contributed by atoms with E-state index in [-0.39, 0.29) is 17.2 Å². The molecule has 0 fully saturated rings. The van der Waals surface area contributed by atoms with Gasteiger partial charge in [-0.3, -0.25) is 4.72 Å². The first-order valence-electron chi connectivity index (χ1n) is 5.96. The summed E-state index contributed by atoms with van der Waals surface area (Å²) >= 11 is 1.20. The summed E-state index contributed by atoms with van der Waals surface area (Å²) in [6.07, 6.45) is 0.544. The van der Waals surface area contributed by atoms with Crippen LogP contribution in [0.25, 0.3) is 11.3 Å². The third-order valence-corrected chi connectivity index (χ3v) is 4.88. The maximum Gasteiger partial charge on any atom is 0.234 e. The van der Waals surface area contributed by atoms with Gasteiger partial charge in [-0.2, -0.15) is 0 Å². The smallest absolute Gasteiger partial charge is 0.234 e. The number of anilines is 2. The van der Waals surface area contributed by atoms with Crippen LogP contribution in [-0.4, -0.2) is 24.3 Å². The van der Waals surface area contributed by atoms with E-state index in [2.05, 4.69) is 9.71 Å². The van der Waals surface area contributed by atoms with Crippen LogP contribution in [0.2, 0.25) is 0 Å². The summed E-state index contributed by atoms with van der Waals surface area (Å²) in [5.41, 5.74) is 7.20. The molecule has 20 heavy (non-hydrogen) atoms. The van der Waals surface area contributed by atoms with E-state index in [1.165, 1.54) is 17.4 Å². The molecule has 2 rings (SSSR count). The monoisotopic (exact) mass is 313 g/mol. The maximum absolute atomic E-state index is 11.6. The van der Waals surface area contributed by atoms with Crippen molar-refractivity contribution in [2.24, 2.45) is 0 Å². The van der Waals surface area contributed by atoms with Crippen molar-refractivity contribution in [3.05, 3.63) is 23.6 Å². The number of rotatable bonds is 5. The van der Waals surface area contributed by atoms with E-state index in [1.807, 2.05) is 0 Å². The highest BCUT2D eigenvalue weighted by atomic mass is 32.2. The second kappa shape index (κ2) is 5.68. The summed E-state index contributed by atoms with van der Waals surface area (Å²) in [4.78, 5) is 4.21. The molecule has 0 atom stereocenters. The van der Waals surface area contributed by atoms with Gasteiger partial charge in [0.25, 0.3) is 0 Å². The van der Waals surface area contributed by atoms with Crippen LogP contribution < -0.4 is 10.5 Å². The molecule has 0 spiro atoms. The van der Waals surface area contributed by atoms with Gasteiger partial charge in [-0.25, -0.2) is 13.4 Å². The number of hydrogen-bond donors (Lipinski definition) is 3. The van der Waals surface area contributed by atoms with Gasteiger partial charge in [0.1, 0.15) is 5.75 Å². The fourth-order valence-corrected chi connectivity index (χ4v) is 3.71. The lowest BCUT2D eigenvalue weighted by Gasteiger charge is -2.03. The second-order valence-corrected chi connectivity index (χ2v) is 6.93. The van der Waals surface area contributed by atoms with Crippen molar-refractivity contribution >= 4 is 32.2 Å². The Morgan fingerprint density at radius 2 is 2.20 bits per heavy atom. The highest BCUT2D eigenvalue weighted by Crippen LogP contribution is 2.30. The van der Waals surface area contributed by atoms with Gasteiger partial charge in [-0.15, -0.1) is 11.3 Å². The lowest BCUT2D eigenvalue weighted by atomic mass is 10.1. The molecule has 0 saturated heterocycles. The van der Waals surface area contributed by atoms with Crippen molar-refractivity contribution in [3.63, 3.8) is 0 Å². The largest absolute Gasteiger partial charge is 0.506 e. The molecule has 0 amide bonds. The fraction of sp³-hybridized carbons (Fsp3) is 0.250. The van der Waals surface area contributed by atoms with E-state index in [9.17, 15) is 13.5 Å². The number of aromatic nitrogens is 1. The average molecular weight is 313 g/mol. The first-order chi connectivity index (χ1) is 9.41. The highest BCUT2D eigenvalue weighted by Gasteiger charge is 2.12. The van der Waals surface area contributed by atoms with Crippen LogP contribution in [0.4, 0.5) is 10.8 Å². The number of sulfonamides is 1. The molecule has 1 aromatic heterocycles. The Labute approximate surface area is 121 Å². The number of thiazole rings is 1. The summed E-state index contributed by atoms with van der Waals surface area (Å²) in [7, 11) is -3.34. The molecule has 0 radical (unpaired) electrons. The molecule has 0 saturated carbocycles. The summed E-state index contributed by atoms with van der Waals surface area (Å²) in [6, 6.07) is 4.74. The van der Waals surface area contributed by atoms with Gasteiger partial charge in [0, 0.05) is 10.9 Å². The minimum atomic E-state index is -3.34.